The summed E-state index contributed by atoms with van der Waals surface area (Å²) in [6, 6.07) is -1.92. The summed E-state index contributed by atoms with van der Waals surface area (Å²) < 4.78 is 0. The normalized spacial score (nSPS) is 11.5. The fourth-order valence-corrected chi connectivity index (χ4v) is 0.771. The first-order valence-corrected chi connectivity index (χ1v) is 4.02. The number of amides is 3. The van der Waals surface area contributed by atoms with Crippen LogP contribution in [0.4, 0.5) is 4.79 Å². The zero-order valence-electron chi connectivity index (χ0n) is 7.74. The Morgan fingerprint density at radius 3 is 2.36 bits per heavy atom. The largest absolute Gasteiger partial charge is 0.480 e. The summed E-state index contributed by atoms with van der Waals surface area (Å²) in [6.45, 7) is 2.05. The quantitative estimate of drug-likeness (QED) is 0.440. The van der Waals surface area contributed by atoms with Gasteiger partial charge in [0.2, 0.25) is 5.91 Å². The van der Waals surface area contributed by atoms with Gasteiger partial charge in [-0.1, -0.05) is 0 Å². The standard InChI is InChI=1S/C7H13N3O4/c1-2-9-7(14)10-4(6(12)13)3-5(8)11/h4H,2-3H2,1H3,(H2,8,11)(H,12,13)(H2,9,10,14)/t4-/m1/s1. The summed E-state index contributed by atoms with van der Waals surface area (Å²) in [5.74, 6) is -2.08. The molecular formula is C7H13N3O4. The van der Waals surface area contributed by atoms with Crippen molar-refractivity contribution >= 4 is 17.9 Å². The van der Waals surface area contributed by atoms with Crippen molar-refractivity contribution in [3.05, 3.63) is 0 Å². The predicted molar refractivity (Wildman–Crippen MR) is 47.4 cm³/mol. The molecule has 0 bridgehead atoms. The summed E-state index contributed by atoms with van der Waals surface area (Å²) in [6.07, 6.45) is -0.424. The second-order valence-electron chi connectivity index (χ2n) is 2.57. The first kappa shape index (κ1) is 12.2. The Morgan fingerprint density at radius 1 is 1.43 bits per heavy atom. The molecule has 14 heavy (non-hydrogen) atoms. The van der Waals surface area contributed by atoms with Crippen LogP contribution < -0.4 is 16.4 Å². The number of carbonyl (C=O) groups excluding carboxylic acids is 2. The van der Waals surface area contributed by atoms with Crippen LogP contribution in [0, 0.1) is 0 Å². The molecule has 0 saturated carbocycles. The molecule has 0 aromatic heterocycles. The molecule has 1 atom stereocenters. The van der Waals surface area contributed by atoms with Crippen LogP contribution in [-0.4, -0.2) is 35.6 Å². The highest BCUT2D eigenvalue weighted by molar-refractivity contribution is 5.87. The fourth-order valence-electron chi connectivity index (χ4n) is 0.771. The molecule has 0 heterocycles. The van der Waals surface area contributed by atoms with Gasteiger partial charge in [0.15, 0.2) is 0 Å². The summed E-state index contributed by atoms with van der Waals surface area (Å²) in [7, 11) is 0. The average molecular weight is 203 g/mol. The molecular weight excluding hydrogens is 190 g/mol. The molecule has 0 aromatic carbocycles. The zero-order valence-corrected chi connectivity index (χ0v) is 7.74. The third kappa shape index (κ3) is 4.96. The van der Waals surface area contributed by atoms with Gasteiger partial charge >= 0.3 is 12.0 Å². The van der Waals surface area contributed by atoms with E-state index in [1.807, 2.05) is 0 Å². The smallest absolute Gasteiger partial charge is 0.326 e. The molecule has 7 nitrogen and oxygen atoms in total. The second kappa shape index (κ2) is 5.79. The van der Waals surface area contributed by atoms with Gasteiger partial charge in [0, 0.05) is 6.54 Å². The van der Waals surface area contributed by atoms with Crippen LogP contribution in [0.5, 0.6) is 0 Å². The number of nitrogens with two attached hydrogens (primary N) is 1. The van der Waals surface area contributed by atoms with Gasteiger partial charge in [-0.2, -0.15) is 0 Å². The Morgan fingerprint density at radius 2 is 2.00 bits per heavy atom. The van der Waals surface area contributed by atoms with Crippen molar-refractivity contribution in [2.75, 3.05) is 6.54 Å². The minimum absolute atomic E-state index is 0.370. The van der Waals surface area contributed by atoms with Gasteiger partial charge < -0.3 is 21.5 Å². The number of aliphatic carboxylic acids is 1. The topological polar surface area (TPSA) is 122 Å². The second-order valence-corrected chi connectivity index (χ2v) is 2.57. The highest BCUT2D eigenvalue weighted by atomic mass is 16.4. The number of nitrogens with one attached hydrogen (secondary N) is 2. The van der Waals surface area contributed by atoms with E-state index in [0.717, 1.165) is 0 Å². The van der Waals surface area contributed by atoms with Crippen molar-refractivity contribution in [1.82, 2.24) is 10.6 Å². The number of hydrogen-bond donors (Lipinski definition) is 4. The summed E-state index contributed by atoms with van der Waals surface area (Å²) in [4.78, 5) is 31.9. The van der Waals surface area contributed by atoms with E-state index < -0.39 is 30.4 Å². The van der Waals surface area contributed by atoms with E-state index in [2.05, 4.69) is 10.6 Å². The molecule has 0 aliphatic carbocycles. The lowest BCUT2D eigenvalue weighted by atomic mass is 10.2. The molecule has 0 radical (unpaired) electrons. The van der Waals surface area contributed by atoms with Gasteiger partial charge in [-0.25, -0.2) is 9.59 Å². The van der Waals surface area contributed by atoms with Crippen LogP contribution in [0.2, 0.25) is 0 Å². The fraction of sp³-hybridized carbons (Fsp3) is 0.571. The van der Waals surface area contributed by atoms with Crippen LogP contribution in [0.25, 0.3) is 0 Å². The zero-order chi connectivity index (χ0) is 11.1. The maximum absolute atomic E-state index is 10.9. The van der Waals surface area contributed by atoms with Crippen LogP contribution >= 0.6 is 0 Å². The highest BCUT2D eigenvalue weighted by Gasteiger charge is 2.21. The number of primary amides is 1. The molecule has 0 saturated heterocycles. The lowest BCUT2D eigenvalue weighted by Crippen LogP contribution is -2.47. The Labute approximate surface area is 80.6 Å². The minimum atomic E-state index is -1.30. The monoisotopic (exact) mass is 203 g/mol. The lowest BCUT2D eigenvalue weighted by Gasteiger charge is -2.12. The summed E-state index contributed by atoms with van der Waals surface area (Å²) in [5, 5.41) is 13.0. The maximum Gasteiger partial charge on any atom is 0.326 e. The average Bonchev–Trinajstić information content (AvgIpc) is 2.02. The molecule has 5 N–H and O–H groups in total. The van der Waals surface area contributed by atoms with Crippen LogP contribution in [0.3, 0.4) is 0 Å². The minimum Gasteiger partial charge on any atom is -0.480 e. The number of urea groups is 1. The van der Waals surface area contributed by atoms with E-state index in [4.69, 9.17) is 10.8 Å². The molecule has 0 unspecified atom stereocenters. The summed E-state index contributed by atoms with van der Waals surface area (Å²) >= 11 is 0. The SMILES string of the molecule is CCNC(=O)N[C@H](CC(N)=O)C(=O)O. The number of hydrogen-bond acceptors (Lipinski definition) is 3. The maximum atomic E-state index is 10.9. The molecule has 0 rings (SSSR count). The van der Waals surface area contributed by atoms with Gasteiger partial charge in [0.25, 0.3) is 0 Å². The molecule has 0 aliphatic rings. The third-order valence-corrected chi connectivity index (χ3v) is 1.35. The van der Waals surface area contributed by atoms with E-state index in [-0.39, 0.29) is 0 Å². The first-order valence-electron chi connectivity index (χ1n) is 4.02. The number of carboxylic acids is 1. The van der Waals surface area contributed by atoms with Gasteiger partial charge in [-0.15, -0.1) is 0 Å². The van der Waals surface area contributed by atoms with Crippen LogP contribution in [0.1, 0.15) is 13.3 Å². The van der Waals surface area contributed by atoms with E-state index in [1.165, 1.54) is 0 Å². The van der Waals surface area contributed by atoms with E-state index in [1.54, 1.807) is 6.92 Å². The van der Waals surface area contributed by atoms with E-state index in [0.29, 0.717) is 6.54 Å². The number of rotatable bonds is 5. The molecule has 0 fully saturated rings. The predicted octanol–water partition coefficient (Wildman–Crippen LogP) is -1.37. The van der Waals surface area contributed by atoms with E-state index >= 15 is 0 Å². The molecule has 0 aromatic rings. The van der Waals surface area contributed by atoms with Gasteiger partial charge in [0.1, 0.15) is 6.04 Å². The highest BCUT2D eigenvalue weighted by Crippen LogP contribution is 1.91. The molecule has 0 aliphatic heterocycles. The Hall–Kier alpha value is -1.79. The van der Waals surface area contributed by atoms with Crippen molar-refractivity contribution in [1.29, 1.82) is 0 Å². The van der Waals surface area contributed by atoms with Crippen LogP contribution in [0.15, 0.2) is 0 Å². The van der Waals surface area contributed by atoms with Crippen molar-refractivity contribution in [2.24, 2.45) is 5.73 Å². The van der Waals surface area contributed by atoms with Crippen molar-refractivity contribution in [3.63, 3.8) is 0 Å². The molecule has 0 spiro atoms. The Kier molecular flexibility index (Phi) is 5.05. The number of carboxylic acid groups (broad SMARTS) is 1. The van der Waals surface area contributed by atoms with Gasteiger partial charge in [-0.05, 0) is 6.92 Å². The molecule has 7 heteroatoms. The third-order valence-electron chi connectivity index (χ3n) is 1.35. The lowest BCUT2D eigenvalue weighted by molar-refractivity contribution is -0.140. The molecule has 80 valence electrons. The van der Waals surface area contributed by atoms with E-state index in [9.17, 15) is 14.4 Å². The Bertz CT molecular complexity index is 241. The van der Waals surface area contributed by atoms with Gasteiger partial charge in [0.05, 0.1) is 6.42 Å². The van der Waals surface area contributed by atoms with Crippen molar-refractivity contribution in [2.45, 2.75) is 19.4 Å². The first-order chi connectivity index (χ1) is 6.47. The Balaban J connectivity index is 4.16. The summed E-state index contributed by atoms with van der Waals surface area (Å²) in [5.41, 5.74) is 4.81. The van der Waals surface area contributed by atoms with Gasteiger partial charge in [-0.3, -0.25) is 4.79 Å². The van der Waals surface area contributed by atoms with Crippen molar-refractivity contribution in [3.8, 4) is 0 Å². The number of carbonyl (C=O) groups is 3. The molecule has 3 amide bonds. The van der Waals surface area contributed by atoms with Crippen LogP contribution in [-0.2, 0) is 9.59 Å². The van der Waals surface area contributed by atoms with Crippen molar-refractivity contribution < 1.29 is 19.5 Å².